The zero-order chi connectivity index (χ0) is 19.2. The number of nitrogens with one attached hydrogen (secondary N) is 1. The SMILES string of the molecule is COc1ccc(CN2CCN(C(=O)Nc3cccc(C)c3)CC2)cc1OC. The van der Waals surface area contributed by atoms with Crippen LogP contribution in [0.4, 0.5) is 10.5 Å². The molecular formula is C21H27N3O3. The molecule has 0 bridgehead atoms. The second-order valence-corrected chi connectivity index (χ2v) is 6.75. The molecule has 0 aliphatic carbocycles. The van der Waals surface area contributed by atoms with Gasteiger partial charge in [0.25, 0.3) is 0 Å². The van der Waals surface area contributed by atoms with Crippen molar-refractivity contribution < 1.29 is 14.3 Å². The molecule has 0 radical (unpaired) electrons. The molecule has 6 heteroatoms. The normalized spacial score (nSPS) is 14.7. The van der Waals surface area contributed by atoms with E-state index in [1.807, 2.05) is 48.2 Å². The second-order valence-electron chi connectivity index (χ2n) is 6.75. The molecule has 2 aromatic carbocycles. The van der Waals surface area contributed by atoms with Gasteiger partial charge in [-0.15, -0.1) is 0 Å². The van der Waals surface area contributed by atoms with Gasteiger partial charge in [-0.25, -0.2) is 4.79 Å². The lowest BCUT2D eigenvalue weighted by molar-refractivity contribution is 0.143. The molecule has 1 fully saturated rings. The van der Waals surface area contributed by atoms with Crippen molar-refractivity contribution in [1.29, 1.82) is 0 Å². The molecule has 2 amide bonds. The number of amides is 2. The number of ether oxygens (including phenoxy) is 2. The molecular weight excluding hydrogens is 342 g/mol. The van der Waals surface area contributed by atoms with E-state index in [1.165, 1.54) is 5.56 Å². The van der Waals surface area contributed by atoms with Crippen molar-refractivity contribution >= 4 is 11.7 Å². The van der Waals surface area contributed by atoms with Crippen molar-refractivity contribution in [2.75, 3.05) is 45.7 Å². The van der Waals surface area contributed by atoms with Gasteiger partial charge in [-0.2, -0.15) is 0 Å². The van der Waals surface area contributed by atoms with Gasteiger partial charge in [-0.3, -0.25) is 4.90 Å². The van der Waals surface area contributed by atoms with Gasteiger partial charge in [0.05, 0.1) is 14.2 Å². The summed E-state index contributed by atoms with van der Waals surface area (Å²) in [5.41, 5.74) is 3.14. The lowest BCUT2D eigenvalue weighted by Crippen LogP contribution is -2.49. The van der Waals surface area contributed by atoms with Crippen LogP contribution in [0.3, 0.4) is 0 Å². The summed E-state index contributed by atoms with van der Waals surface area (Å²) in [7, 11) is 3.28. The maximum absolute atomic E-state index is 12.5. The van der Waals surface area contributed by atoms with Gasteiger partial charge in [0.1, 0.15) is 0 Å². The Hall–Kier alpha value is -2.73. The molecule has 1 heterocycles. The fourth-order valence-electron chi connectivity index (χ4n) is 3.27. The van der Waals surface area contributed by atoms with Crippen molar-refractivity contribution in [3.8, 4) is 11.5 Å². The summed E-state index contributed by atoms with van der Waals surface area (Å²) in [6.07, 6.45) is 0. The number of hydrogen-bond acceptors (Lipinski definition) is 4. The number of piperazine rings is 1. The minimum atomic E-state index is -0.0358. The fraction of sp³-hybridized carbons (Fsp3) is 0.381. The Balaban J connectivity index is 1.52. The fourth-order valence-corrected chi connectivity index (χ4v) is 3.27. The van der Waals surface area contributed by atoms with E-state index in [9.17, 15) is 4.79 Å². The van der Waals surface area contributed by atoms with Crippen LogP contribution in [-0.2, 0) is 6.54 Å². The molecule has 0 saturated carbocycles. The monoisotopic (exact) mass is 369 g/mol. The standard InChI is InChI=1S/C21H27N3O3/c1-16-5-4-6-18(13-16)22-21(25)24-11-9-23(10-12-24)15-17-7-8-19(26-2)20(14-17)27-3/h4-8,13-14H,9-12,15H2,1-3H3,(H,22,25). The minimum absolute atomic E-state index is 0.0358. The van der Waals surface area contributed by atoms with Crippen LogP contribution < -0.4 is 14.8 Å². The van der Waals surface area contributed by atoms with Gasteiger partial charge in [0.2, 0.25) is 0 Å². The van der Waals surface area contributed by atoms with Crippen molar-refractivity contribution in [3.05, 3.63) is 53.6 Å². The predicted octanol–water partition coefficient (Wildman–Crippen LogP) is 3.36. The number of anilines is 1. The van der Waals surface area contributed by atoms with E-state index in [1.54, 1.807) is 14.2 Å². The summed E-state index contributed by atoms with van der Waals surface area (Å²) in [6, 6.07) is 13.8. The van der Waals surface area contributed by atoms with Crippen LogP contribution in [0.5, 0.6) is 11.5 Å². The lowest BCUT2D eigenvalue weighted by Gasteiger charge is -2.34. The Labute approximate surface area is 160 Å². The molecule has 1 aliphatic rings. The summed E-state index contributed by atoms with van der Waals surface area (Å²) in [6.45, 7) is 5.96. The van der Waals surface area contributed by atoms with Gasteiger partial charge >= 0.3 is 6.03 Å². The Morgan fingerprint density at radius 2 is 1.74 bits per heavy atom. The zero-order valence-corrected chi connectivity index (χ0v) is 16.2. The third-order valence-corrected chi connectivity index (χ3v) is 4.78. The molecule has 1 aliphatic heterocycles. The topological polar surface area (TPSA) is 54.0 Å². The number of urea groups is 1. The Bertz CT molecular complexity index is 786. The molecule has 0 aromatic heterocycles. The van der Waals surface area contributed by atoms with E-state index >= 15 is 0 Å². The number of carbonyl (C=O) groups excluding carboxylic acids is 1. The molecule has 0 unspecified atom stereocenters. The van der Waals surface area contributed by atoms with Crippen molar-refractivity contribution in [3.63, 3.8) is 0 Å². The van der Waals surface area contributed by atoms with Crippen LogP contribution in [0.1, 0.15) is 11.1 Å². The van der Waals surface area contributed by atoms with Crippen LogP contribution in [0.15, 0.2) is 42.5 Å². The Morgan fingerprint density at radius 1 is 1.00 bits per heavy atom. The van der Waals surface area contributed by atoms with Crippen LogP contribution >= 0.6 is 0 Å². The molecule has 3 rings (SSSR count). The quantitative estimate of drug-likeness (QED) is 0.878. The van der Waals surface area contributed by atoms with Crippen LogP contribution in [0, 0.1) is 6.92 Å². The van der Waals surface area contributed by atoms with Gasteiger partial charge in [0.15, 0.2) is 11.5 Å². The first-order valence-electron chi connectivity index (χ1n) is 9.15. The average molecular weight is 369 g/mol. The van der Waals surface area contributed by atoms with Crippen molar-refractivity contribution in [1.82, 2.24) is 9.80 Å². The highest BCUT2D eigenvalue weighted by Gasteiger charge is 2.21. The molecule has 2 aromatic rings. The molecule has 6 nitrogen and oxygen atoms in total. The highest BCUT2D eigenvalue weighted by Crippen LogP contribution is 2.28. The molecule has 0 spiro atoms. The first kappa shape index (κ1) is 19.0. The summed E-state index contributed by atoms with van der Waals surface area (Å²) in [4.78, 5) is 16.7. The van der Waals surface area contributed by atoms with E-state index in [2.05, 4.69) is 16.3 Å². The first-order valence-corrected chi connectivity index (χ1v) is 9.15. The van der Waals surface area contributed by atoms with E-state index in [0.717, 1.165) is 42.4 Å². The molecule has 1 N–H and O–H groups in total. The van der Waals surface area contributed by atoms with Gasteiger partial charge < -0.3 is 19.7 Å². The second kappa shape index (κ2) is 8.77. The smallest absolute Gasteiger partial charge is 0.321 e. The number of aryl methyl sites for hydroxylation is 1. The van der Waals surface area contributed by atoms with Gasteiger partial charge in [-0.1, -0.05) is 18.2 Å². The molecule has 0 atom stereocenters. The third-order valence-electron chi connectivity index (χ3n) is 4.78. The van der Waals surface area contributed by atoms with Crippen molar-refractivity contribution in [2.24, 2.45) is 0 Å². The maximum Gasteiger partial charge on any atom is 0.321 e. The molecule has 27 heavy (non-hydrogen) atoms. The van der Waals surface area contributed by atoms with Crippen molar-refractivity contribution in [2.45, 2.75) is 13.5 Å². The third kappa shape index (κ3) is 4.92. The number of hydrogen-bond donors (Lipinski definition) is 1. The number of nitrogens with zero attached hydrogens (tertiary/aromatic N) is 2. The Kier molecular flexibility index (Phi) is 6.19. The number of carbonyl (C=O) groups is 1. The largest absolute Gasteiger partial charge is 0.493 e. The molecule has 1 saturated heterocycles. The number of rotatable bonds is 5. The van der Waals surface area contributed by atoms with Crippen LogP contribution in [0.25, 0.3) is 0 Å². The first-order chi connectivity index (χ1) is 13.1. The highest BCUT2D eigenvalue weighted by atomic mass is 16.5. The van der Waals surface area contributed by atoms with Crippen LogP contribution in [0.2, 0.25) is 0 Å². The zero-order valence-electron chi connectivity index (χ0n) is 16.2. The minimum Gasteiger partial charge on any atom is -0.493 e. The maximum atomic E-state index is 12.5. The number of benzene rings is 2. The summed E-state index contributed by atoms with van der Waals surface area (Å²) < 4.78 is 10.7. The van der Waals surface area contributed by atoms with Gasteiger partial charge in [0, 0.05) is 38.4 Å². The van der Waals surface area contributed by atoms with E-state index in [4.69, 9.17) is 9.47 Å². The van der Waals surface area contributed by atoms with E-state index < -0.39 is 0 Å². The van der Waals surface area contributed by atoms with E-state index in [0.29, 0.717) is 13.1 Å². The summed E-state index contributed by atoms with van der Waals surface area (Å²) >= 11 is 0. The van der Waals surface area contributed by atoms with Gasteiger partial charge in [-0.05, 0) is 42.3 Å². The average Bonchev–Trinajstić information content (AvgIpc) is 2.68. The van der Waals surface area contributed by atoms with E-state index in [-0.39, 0.29) is 6.03 Å². The lowest BCUT2D eigenvalue weighted by atomic mass is 10.1. The predicted molar refractivity (Wildman–Crippen MR) is 107 cm³/mol. The summed E-state index contributed by atoms with van der Waals surface area (Å²) in [5.74, 6) is 1.48. The Morgan fingerprint density at radius 3 is 2.41 bits per heavy atom. The summed E-state index contributed by atoms with van der Waals surface area (Å²) in [5, 5.41) is 2.98. The van der Waals surface area contributed by atoms with Crippen LogP contribution in [-0.4, -0.2) is 56.2 Å². The highest BCUT2D eigenvalue weighted by molar-refractivity contribution is 5.89. The number of methoxy groups -OCH3 is 2. The molecule has 144 valence electrons.